The van der Waals surface area contributed by atoms with Crippen molar-refractivity contribution in [2.75, 3.05) is 13.7 Å². The smallest absolute Gasteiger partial charge is 0.315 e. The molecular formula is C20H21Cl2N5O2S. The summed E-state index contributed by atoms with van der Waals surface area (Å²) >= 11 is 14.1. The molecule has 0 aliphatic heterocycles. The van der Waals surface area contributed by atoms with Crippen molar-refractivity contribution in [1.82, 2.24) is 25.4 Å². The van der Waals surface area contributed by atoms with Crippen LogP contribution in [0.2, 0.25) is 10.0 Å². The van der Waals surface area contributed by atoms with E-state index >= 15 is 0 Å². The van der Waals surface area contributed by atoms with Gasteiger partial charge in [0.1, 0.15) is 5.75 Å². The van der Waals surface area contributed by atoms with E-state index in [1.165, 1.54) is 11.8 Å². The Bertz CT molecular complexity index is 1030. The molecule has 0 saturated heterocycles. The summed E-state index contributed by atoms with van der Waals surface area (Å²) in [5, 5.41) is 15.7. The van der Waals surface area contributed by atoms with Gasteiger partial charge in [0.15, 0.2) is 11.0 Å². The Morgan fingerprint density at radius 2 is 2.00 bits per heavy atom. The molecule has 1 aromatic heterocycles. The molecule has 0 radical (unpaired) electrons. The molecule has 0 bridgehead atoms. The van der Waals surface area contributed by atoms with Crippen LogP contribution in [-0.4, -0.2) is 34.5 Å². The molecule has 30 heavy (non-hydrogen) atoms. The minimum Gasteiger partial charge on any atom is -0.497 e. The van der Waals surface area contributed by atoms with E-state index < -0.39 is 0 Å². The minimum atomic E-state index is -0.283. The molecule has 0 fully saturated rings. The highest BCUT2D eigenvalue weighted by Crippen LogP contribution is 2.31. The molecule has 2 N–H and O–H groups in total. The van der Waals surface area contributed by atoms with E-state index in [2.05, 4.69) is 20.8 Å². The number of halogens is 2. The second-order valence-electron chi connectivity index (χ2n) is 6.18. The molecular weight excluding hydrogens is 445 g/mol. The average molecular weight is 466 g/mol. The molecule has 2 amide bonds. The van der Waals surface area contributed by atoms with Crippen LogP contribution in [0.5, 0.6) is 5.75 Å². The Balaban J connectivity index is 1.90. The van der Waals surface area contributed by atoms with E-state index in [4.69, 9.17) is 27.9 Å². The van der Waals surface area contributed by atoms with E-state index in [-0.39, 0.29) is 12.6 Å². The highest BCUT2D eigenvalue weighted by molar-refractivity contribution is 7.98. The lowest BCUT2D eigenvalue weighted by molar-refractivity contribution is 0.240. The second kappa shape index (κ2) is 10.6. The lowest BCUT2D eigenvalue weighted by Crippen LogP contribution is -2.35. The summed E-state index contributed by atoms with van der Waals surface area (Å²) in [6.45, 7) is 2.56. The monoisotopic (exact) mass is 465 g/mol. The van der Waals surface area contributed by atoms with Gasteiger partial charge in [-0.05, 0) is 42.8 Å². The number of urea groups is 1. The molecule has 158 valence electrons. The van der Waals surface area contributed by atoms with Gasteiger partial charge in [-0.1, -0.05) is 47.1 Å². The van der Waals surface area contributed by atoms with Crippen LogP contribution in [0.4, 0.5) is 4.79 Å². The van der Waals surface area contributed by atoms with E-state index in [0.717, 1.165) is 11.3 Å². The highest BCUT2D eigenvalue weighted by atomic mass is 35.5. The van der Waals surface area contributed by atoms with Gasteiger partial charge in [0.2, 0.25) is 0 Å². The zero-order valence-corrected chi connectivity index (χ0v) is 18.8. The highest BCUT2D eigenvalue weighted by Gasteiger charge is 2.18. The third-order valence-electron chi connectivity index (χ3n) is 4.10. The van der Waals surface area contributed by atoms with Crippen LogP contribution in [-0.2, 0) is 12.3 Å². The zero-order valence-electron chi connectivity index (χ0n) is 16.5. The number of thioether (sulfide) groups is 1. The number of benzene rings is 2. The van der Waals surface area contributed by atoms with Gasteiger partial charge >= 0.3 is 6.03 Å². The number of hydrogen-bond donors (Lipinski definition) is 2. The summed E-state index contributed by atoms with van der Waals surface area (Å²) < 4.78 is 7.10. The van der Waals surface area contributed by atoms with E-state index in [0.29, 0.717) is 39.0 Å². The normalized spacial score (nSPS) is 10.7. The summed E-state index contributed by atoms with van der Waals surface area (Å²) in [6, 6.07) is 12.7. The Kier molecular flexibility index (Phi) is 7.84. The van der Waals surface area contributed by atoms with Crippen LogP contribution in [0.1, 0.15) is 18.3 Å². The maximum absolute atomic E-state index is 11.8. The molecule has 0 spiro atoms. The number of aromatic nitrogens is 3. The fraction of sp³-hybridized carbons (Fsp3) is 0.250. The number of nitrogens with one attached hydrogen (secondary N) is 2. The Hall–Kier alpha value is -2.42. The van der Waals surface area contributed by atoms with Crippen LogP contribution < -0.4 is 15.4 Å². The SMILES string of the molecule is CCNC(=O)NCc1nnc(SCc2cccc(OC)c2)n1-c1cc(Cl)ccc1Cl. The van der Waals surface area contributed by atoms with Gasteiger partial charge in [-0.15, -0.1) is 10.2 Å². The fourth-order valence-corrected chi connectivity index (χ4v) is 3.98. The molecule has 1 heterocycles. The Labute approximate surface area is 189 Å². The predicted molar refractivity (Wildman–Crippen MR) is 120 cm³/mol. The van der Waals surface area contributed by atoms with Gasteiger partial charge < -0.3 is 15.4 Å². The van der Waals surface area contributed by atoms with Crippen molar-refractivity contribution in [3.63, 3.8) is 0 Å². The van der Waals surface area contributed by atoms with Gasteiger partial charge in [0.25, 0.3) is 0 Å². The third kappa shape index (κ3) is 5.59. The molecule has 3 rings (SSSR count). The number of amides is 2. The lowest BCUT2D eigenvalue weighted by atomic mass is 10.2. The van der Waals surface area contributed by atoms with Crippen molar-refractivity contribution >= 4 is 41.0 Å². The van der Waals surface area contributed by atoms with E-state index in [9.17, 15) is 4.79 Å². The van der Waals surface area contributed by atoms with Gasteiger partial charge in [0.05, 0.1) is 24.4 Å². The number of nitrogens with zero attached hydrogens (tertiary/aromatic N) is 3. The summed E-state index contributed by atoms with van der Waals surface area (Å²) in [5.41, 5.74) is 1.73. The maximum atomic E-state index is 11.8. The molecule has 10 heteroatoms. The number of carbonyl (C=O) groups is 1. The van der Waals surface area contributed by atoms with Gasteiger partial charge in [-0.2, -0.15) is 0 Å². The topological polar surface area (TPSA) is 81.1 Å². The van der Waals surface area contributed by atoms with Crippen LogP contribution in [0.25, 0.3) is 5.69 Å². The van der Waals surface area contributed by atoms with Crippen molar-refractivity contribution < 1.29 is 9.53 Å². The number of hydrogen-bond acceptors (Lipinski definition) is 5. The van der Waals surface area contributed by atoms with Crippen molar-refractivity contribution in [2.45, 2.75) is 24.4 Å². The first-order valence-electron chi connectivity index (χ1n) is 9.19. The number of methoxy groups -OCH3 is 1. The number of carbonyl (C=O) groups excluding carboxylic acids is 1. The molecule has 2 aromatic carbocycles. The Morgan fingerprint density at radius 3 is 2.77 bits per heavy atom. The van der Waals surface area contributed by atoms with Crippen LogP contribution in [0, 0.1) is 0 Å². The molecule has 3 aromatic rings. The summed E-state index contributed by atoms with van der Waals surface area (Å²) in [5.74, 6) is 1.98. The Morgan fingerprint density at radius 1 is 1.17 bits per heavy atom. The van der Waals surface area contributed by atoms with Crippen LogP contribution in [0.15, 0.2) is 47.6 Å². The van der Waals surface area contributed by atoms with Gasteiger partial charge in [-0.25, -0.2) is 4.79 Å². The van der Waals surface area contributed by atoms with E-state index in [1.807, 2.05) is 35.8 Å². The van der Waals surface area contributed by atoms with Crippen molar-refractivity contribution in [3.05, 3.63) is 63.9 Å². The summed E-state index contributed by atoms with van der Waals surface area (Å²) in [4.78, 5) is 11.8. The first-order valence-corrected chi connectivity index (χ1v) is 10.9. The molecule has 0 saturated carbocycles. The number of rotatable bonds is 8. The molecule has 7 nitrogen and oxygen atoms in total. The third-order valence-corrected chi connectivity index (χ3v) is 5.65. The minimum absolute atomic E-state index is 0.182. The van der Waals surface area contributed by atoms with Gasteiger partial charge in [0, 0.05) is 17.3 Å². The maximum Gasteiger partial charge on any atom is 0.315 e. The summed E-state index contributed by atoms with van der Waals surface area (Å²) in [6.07, 6.45) is 0. The second-order valence-corrected chi connectivity index (χ2v) is 7.97. The lowest BCUT2D eigenvalue weighted by Gasteiger charge is -2.13. The van der Waals surface area contributed by atoms with E-state index in [1.54, 1.807) is 25.3 Å². The molecule has 0 aliphatic carbocycles. The average Bonchev–Trinajstić information content (AvgIpc) is 3.15. The molecule has 0 atom stereocenters. The summed E-state index contributed by atoms with van der Waals surface area (Å²) in [7, 11) is 1.64. The van der Waals surface area contributed by atoms with Gasteiger partial charge in [-0.3, -0.25) is 4.57 Å². The van der Waals surface area contributed by atoms with Crippen molar-refractivity contribution in [2.24, 2.45) is 0 Å². The first kappa shape index (κ1) is 22.3. The van der Waals surface area contributed by atoms with Crippen LogP contribution in [0.3, 0.4) is 0 Å². The molecule has 0 aliphatic rings. The zero-order chi connectivity index (χ0) is 21.5. The largest absolute Gasteiger partial charge is 0.497 e. The van der Waals surface area contributed by atoms with Crippen LogP contribution >= 0.6 is 35.0 Å². The van der Waals surface area contributed by atoms with Crippen molar-refractivity contribution in [1.29, 1.82) is 0 Å². The standard InChI is InChI=1S/C20H21Cl2N5O2S/c1-3-23-19(28)24-11-18-25-26-20(27(18)17-10-14(21)7-8-16(17)22)30-12-13-5-4-6-15(9-13)29-2/h4-10H,3,11-12H2,1-2H3,(H2,23,24,28). The number of ether oxygens (including phenoxy) is 1. The quantitative estimate of drug-likeness (QED) is 0.471. The molecule has 0 unspecified atom stereocenters. The fourth-order valence-electron chi connectivity index (χ4n) is 2.70. The first-order chi connectivity index (χ1) is 14.5. The predicted octanol–water partition coefficient (Wildman–Crippen LogP) is 4.69. The van der Waals surface area contributed by atoms with Crippen molar-refractivity contribution in [3.8, 4) is 11.4 Å².